The molecule has 17 heavy (non-hydrogen) atoms. The SMILES string of the molecule is Cc1ccc(N[C@@H]2C[C@H](O)[C@@H](CO)O2)cc1C. The molecule has 0 unspecified atom stereocenters. The number of anilines is 1. The molecule has 0 amide bonds. The van der Waals surface area contributed by atoms with Gasteiger partial charge in [0.25, 0.3) is 0 Å². The van der Waals surface area contributed by atoms with E-state index in [-0.39, 0.29) is 12.8 Å². The lowest BCUT2D eigenvalue weighted by molar-refractivity contribution is -0.0149. The summed E-state index contributed by atoms with van der Waals surface area (Å²) in [5.41, 5.74) is 3.44. The van der Waals surface area contributed by atoms with Crippen LogP contribution < -0.4 is 5.32 Å². The molecule has 94 valence electrons. The summed E-state index contributed by atoms with van der Waals surface area (Å²) in [5.74, 6) is 0. The number of nitrogens with one attached hydrogen (secondary N) is 1. The zero-order chi connectivity index (χ0) is 12.4. The molecule has 3 N–H and O–H groups in total. The third-order valence-electron chi connectivity index (χ3n) is 3.24. The molecule has 3 atom stereocenters. The van der Waals surface area contributed by atoms with Crippen molar-refractivity contribution in [1.82, 2.24) is 0 Å². The topological polar surface area (TPSA) is 61.7 Å². The number of aliphatic hydroxyl groups is 2. The van der Waals surface area contributed by atoms with E-state index in [1.807, 2.05) is 12.1 Å². The van der Waals surface area contributed by atoms with Crippen molar-refractivity contribution in [2.75, 3.05) is 11.9 Å². The quantitative estimate of drug-likeness (QED) is 0.739. The molecule has 1 aliphatic rings. The van der Waals surface area contributed by atoms with Gasteiger partial charge in [0.15, 0.2) is 0 Å². The van der Waals surface area contributed by atoms with Crippen LogP contribution in [0.5, 0.6) is 0 Å². The smallest absolute Gasteiger partial charge is 0.130 e. The maximum absolute atomic E-state index is 9.61. The number of aryl methyl sites for hydroxylation is 2. The molecule has 0 radical (unpaired) electrons. The molecular formula is C13H19NO3. The highest BCUT2D eigenvalue weighted by Gasteiger charge is 2.33. The van der Waals surface area contributed by atoms with Crippen molar-refractivity contribution in [3.8, 4) is 0 Å². The molecule has 0 bridgehead atoms. The van der Waals surface area contributed by atoms with E-state index in [0.29, 0.717) is 6.42 Å². The van der Waals surface area contributed by atoms with E-state index in [1.54, 1.807) is 0 Å². The molecular weight excluding hydrogens is 218 g/mol. The van der Waals surface area contributed by atoms with E-state index in [4.69, 9.17) is 9.84 Å². The Morgan fingerprint density at radius 3 is 2.71 bits per heavy atom. The number of aliphatic hydroxyl groups excluding tert-OH is 2. The minimum Gasteiger partial charge on any atom is -0.394 e. The van der Waals surface area contributed by atoms with E-state index in [9.17, 15) is 5.11 Å². The first kappa shape index (κ1) is 12.4. The Bertz CT molecular complexity index is 394. The van der Waals surface area contributed by atoms with Crippen molar-refractivity contribution in [3.05, 3.63) is 29.3 Å². The molecule has 4 heteroatoms. The highest BCUT2D eigenvalue weighted by atomic mass is 16.5. The molecule has 1 aromatic carbocycles. The predicted octanol–water partition coefficient (Wildman–Crippen LogP) is 1.18. The van der Waals surface area contributed by atoms with Crippen LogP contribution in [-0.2, 0) is 4.74 Å². The number of hydrogen-bond donors (Lipinski definition) is 3. The fraction of sp³-hybridized carbons (Fsp3) is 0.538. The van der Waals surface area contributed by atoms with Gasteiger partial charge in [-0.15, -0.1) is 0 Å². The average Bonchev–Trinajstić information content (AvgIpc) is 2.64. The van der Waals surface area contributed by atoms with Crippen LogP contribution in [0.3, 0.4) is 0 Å². The highest BCUT2D eigenvalue weighted by molar-refractivity contribution is 5.48. The highest BCUT2D eigenvalue weighted by Crippen LogP contribution is 2.23. The Balaban J connectivity index is 2.00. The Morgan fingerprint density at radius 1 is 1.35 bits per heavy atom. The Labute approximate surface area is 101 Å². The van der Waals surface area contributed by atoms with Crippen LogP contribution in [0.25, 0.3) is 0 Å². The lowest BCUT2D eigenvalue weighted by Crippen LogP contribution is -2.25. The second-order valence-electron chi connectivity index (χ2n) is 4.59. The van der Waals surface area contributed by atoms with E-state index in [0.717, 1.165) is 5.69 Å². The summed E-state index contributed by atoms with van der Waals surface area (Å²) in [4.78, 5) is 0. The van der Waals surface area contributed by atoms with Crippen molar-refractivity contribution >= 4 is 5.69 Å². The molecule has 2 rings (SSSR count). The normalized spacial score (nSPS) is 28.4. The molecule has 1 fully saturated rings. The van der Waals surface area contributed by atoms with Crippen molar-refractivity contribution in [2.24, 2.45) is 0 Å². The van der Waals surface area contributed by atoms with Crippen LogP contribution in [0, 0.1) is 13.8 Å². The summed E-state index contributed by atoms with van der Waals surface area (Å²) >= 11 is 0. The Hall–Kier alpha value is -1.10. The summed E-state index contributed by atoms with van der Waals surface area (Å²) in [6.07, 6.45) is -0.801. The number of rotatable bonds is 3. The van der Waals surface area contributed by atoms with Crippen molar-refractivity contribution in [3.63, 3.8) is 0 Å². The van der Waals surface area contributed by atoms with Crippen LogP contribution in [0.15, 0.2) is 18.2 Å². The molecule has 4 nitrogen and oxygen atoms in total. The van der Waals surface area contributed by atoms with E-state index < -0.39 is 12.2 Å². The summed E-state index contributed by atoms with van der Waals surface area (Å²) in [6, 6.07) is 6.09. The van der Waals surface area contributed by atoms with Crippen molar-refractivity contribution in [1.29, 1.82) is 0 Å². The fourth-order valence-corrected chi connectivity index (χ4v) is 2.00. The van der Waals surface area contributed by atoms with Gasteiger partial charge < -0.3 is 20.3 Å². The zero-order valence-corrected chi connectivity index (χ0v) is 10.2. The fourth-order valence-electron chi connectivity index (χ4n) is 2.00. The van der Waals surface area contributed by atoms with Gasteiger partial charge in [0.1, 0.15) is 12.3 Å². The third-order valence-corrected chi connectivity index (χ3v) is 3.24. The molecule has 0 aromatic heterocycles. The summed E-state index contributed by atoms with van der Waals surface area (Å²) in [6.45, 7) is 3.98. The van der Waals surface area contributed by atoms with Crippen molar-refractivity contribution in [2.45, 2.75) is 38.7 Å². The lowest BCUT2D eigenvalue weighted by Gasteiger charge is -2.15. The van der Waals surface area contributed by atoms with Gasteiger partial charge in [-0.05, 0) is 37.1 Å². The summed E-state index contributed by atoms with van der Waals surface area (Å²) in [7, 11) is 0. The van der Waals surface area contributed by atoms with Gasteiger partial charge in [0.05, 0.1) is 12.7 Å². The Kier molecular flexibility index (Phi) is 3.66. The van der Waals surface area contributed by atoms with E-state index in [1.165, 1.54) is 11.1 Å². The molecule has 0 saturated carbocycles. The van der Waals surface area contributed by atoms with Crippen molar-refractivity contribution < 1.29 is 14.9 Å². The maximum Gasteiger partial charge on any atom is 0.130 e. The van der Waals surface area contributed by atoms with Crippen LogP contribution in [0.2, 0.25) is 0 Å². The van der Waals surface area contributed by atoms with Gasteiger partial charge in [0.2, 0.25) is 0 Å². The minimum absolute atomic E-state index is 0.147. The number of hydrogen-bond acceptors (Lipinski definition) is 4. The van der Waals surface area contributed by atoms with Gasteiger partial charge in [-0.3, -0.25) is 0 Å². The first-order valence-electron chi connectivity index (χ1n) is 5.88. The van der Waals surface area contributed by atoms with Gasteiger partial charge in [0, 0.05) is 12.1 Å². The van der Waals surface area contributed by atoms with Gasteiger partial charge >= 0.3 is 0 Å². The van der Waals surface area contributed by atoms with Gasteiger partial charge in [-0.25, -0.2) is 0 Å². The lowest BCUT2D eigenvalue weighted by atomic mass is 10.1. The molecule has 1 aromatic rings. The number of ether oxygens (including phenoxy) is 1. The molecule has 1 heterocycles. The van der Waals surface area contributed by atoms with Crippen LogP contribution >= 0.6 is 0 Å². The molecule has 0 aliphatic carbocycles. The largest absolute Gasteiger partial charge is 0.394 e. The van der Waals surface area contributed by atoms with Crippen LogP contribution in [0.4, 0.5) is 5.69 Å². The third kappa shape index (κ3) is 2.77. The zero-order valence-electron chi connectivity index (χ0n) is 10.2. The average molecular weight is 237 g/mol. The summed E-state index contributed by atoms with van der Waals surface area (Å²) < 4.78 is 5.49. The molecule has 1 saturated heterocycles. The Morgan fingerprint density at radius 2 is 2.12 bits per heavy atom. The first-order valence-corrected chi connectivity index (χ1v) is 5.88. The molecule has 1 aliphatic heterocycles. The number of benzene rings is 1. The van der Waals surface area contributed by atoms with E-state index >= 15 is 0 Å². The van der Waals surface area contributed by atoms with Gasteiger partial charge in [-0.2, -0.15) is 0 Å². The van der Waals surface area contributed by atoms with E-state index in [2.05, 4.69) is 25.2 Å². The second-order valence-corrected chi connectivity index (χ2v) is 4.59. The minimum atomic E-state index is -0.593. The predicted molar refractivity (Wildman–Crippen MR) is 65.9 cm³/mol. The van der Waals surface area contributed by atoms with Gasteiger partial charge in [-0.1, -0.05) is 6.07 Å². The molecule has 0 spiro atoms. The van der Waals surface area contributed by atoms with Crippen LogP contribution in [-0.4, -0.2) is 35.3 Å². The maximum atomic E-state index is 9.61. The van der Waals surface area contributed by atoms with Crippen LogP contribution in [0.1, 0.15) is 17.5 Å². The first-order chi connectivity index (χ1) is 8.10. The standard InChI is InChI=1S/C13H19NO3/c1-8-3-4-10(5-9(8)2)14-13-6-11(16)12(7-15)17-13/h3-5,11-16H,6-7H2,1-2H3/t11-,12+,13-/m0/s1. The second kappa shape index (κ2) is 5.04. The monoisotopic (exact) mass is 237 g/mol. The summed E-state index contributed by atoms with van der Waals surface area (Å²) in [5, 5.41) is 21.8.